The lowest BCUT2D eigenvalue weighted by atomic mass is 10.2. The molecule has 2 heterocycles. The zero-order chi connectivity index (χ0) is 20.3. The molecule has 2 aromatic heterocycles. The minimum absolute atomic E-state index is 0.00339. The first-order chi connectivity index (χ1) is 13.2. The third-order valence-corrected chi connectivity index (χ3v) is 3.90. The zero-order valence-corrected chi connectivity index (χ0v) is 15.4. The van der Waals surface area contributed by atoms with Gasteiger partial charge in [0.2, 0.25) is 5.95 Å². The molecule has 146 valence electrons. The summed E-state index contributed by atoms with van der Waals surface area (Å²) < 4.78 is 51.9. The van der Waals surface area contributed by atoms with Crippen LogP contribution in [0.1, 0.15) is 11.1 Å². The van der Waals surface area contributed by atoms with Crippen LogP contribution in [-0.4, -0.2) is 15.0 Å². The summed E-state index contributed by atoms with van der Waals surface area (Å²) in [5.74, 6) is -1.09. The number of benzene rings is 1. The van der Waals surface area contributed by atoms with Gasteiger partial charge in [0.1, 0.15) is 21.9 Å². The fourth-order valence-corrected chi connectivity index (χ4v) is 2.52. The summed E-state index contributed by atoms with van der Waals surface area (Å²) in [6, 6.07) is 7.24. The molecule has 28 heavy (non-hydrogen) atoms. The van der Waals surface area contributed by atoms with Crippen molar-refractivity contribution in [2.45, 2.75) is 12.7 Å². The van der Waals surface area contributed by atoms with Gasteiger partial charge in [-0.3, -0.25) is 0 Å². The number of hydrogen-bond acceptors (Lipinski definition) is 5. The van der Waals surface area contributed by atoms with E-state index in [4.69, 9.17) is 23.2 Å². The predicted octanol–water partition coefficient (Wildman–Crippen LogP) is 5.69. The van der Waals surface area contributed by atoms with Gasteiger partial charge in [0, 0.05) is 24.5 Å². The Labute approximate surface area is 166 Å². The molecule has 0 unspecified atom stereocenters. The monoisotopic (exact) mass is 431 g/mol. The van der Waals surface area contributed by atoms with E-state index < -0.39 is 17.6 Å². The van der Waals surface area contributed by atoms with Crippen LogP contribution in [0.3, 0.4) is 0 Å². The van der Waals surface area contributed by atoms with Crippen molar-refractivity contribution < 1.29 is 17.6 Å². The summed E-state index contributed by atoms with van der Waals surface area (Å²) in [5.41, 5.74) is -0.585. The molecule has 0 atom stereocenters. The third kappa shape index (κ3) is 5.20. The average Bonchev–Trinajstić information content (AvgIpc) is 2.61. The fourth-order valence-electron chi connectivity index (χ4n) is 2.22. The van der Waals surface area contributed by atoms with Crippen LogP contribution in [0.4, 0.5) is 35.0 Å². The molecule has 1 aromatic carbocycles. The second kappa shape index (κ2) is 8.15. The average molecular weight is 432 g/mol. The van der Waals surface area contributed by atoms with Crippen LogP contribution in [0, 0.1) is 5.82 Å². The standard InChI is InChI=1S/C17H11Cl2F4N5/c18-13-4-1-9(7-24-13)8-25-16-27-14(19)6-15(28-16)26-10-2-3-12(20)11(5-10)17(21,22)23/h1-7H,8H2,(H2,25,26,27,28). The maximum atomic E-state index is 13.4. The minimum Gasteiger partial charge on any atom is -0.350 e. The van der Waals surface area contributed by atoms with E-state index in [1.807, 2.05) is 0 Å². The van der Waals surface area contributed by atoms with Gasteiger partial charge in [-0.25, -0.2) is 14.4 Å². The Morgan fingerprint density at radius 1 is 0.964 bits per heavy atom. The highest BCUT2D eigenvalue weighted by Crippen LogP contribution is 2.33. The molecule has 11 heteroatoms. The lowest BCUT2D eigenvalue weighted by Gasteiger charge is -2.12. The molecule has 0 aliphatic rings. The fraction of sp³-hybridized carbons (Fsp3) is 0.118. The quantitative estimate of drug-likeness (QED) is 0.308. The molecule has 0 radical (unpaired) electrons. The van der Waals surface area contributed by atoms with Gasteiger partial charge in [0.25, 0.3) is 0 Å². The number of aromatic nitrogens is 3. The van der Waals surface area contributed by atoms with Crippen molar-refractivity contribution in [2.75, 3.05) is 10.6 Å². The van der Waals surface area contributed by atoms with Gasteiger partial charge in [0.05, 0.1) is 5.56 Å². The van der Waals surface area contributed by atoms with Crippen molar-refractivity contribution in [3.63, 3.8) is 0 Å². The van der Waals surface area contributed by atoms with E-state index in [1.165, 1.54) is 6.07 Å². The van der Waals surface area contributed by atoms with Crippen molar-refractivity contribution in [2.24, 2.45) is 0 Å². The van der Waals surface area contributed by atoms with E-state index in [1.54, 1.807) is 18.3 Å². The molecule has 3 rings (SSSR count). The second-order valence-corrected chi connectivity index (χ2v) is 6.33. The Hall–Kier alpha value is -2.65. The molecule has 0 aliphatic carbocycles. The summed E-state index contributed by atoms with van der Waals surface area (Å²) >= 11 is 11.7. The number of nitrogens with zero attached hydrogens (tertiary/aromatic N) is 3. The number of pyridine rings is 1. The topological polar surface area (TPSA) is 62.7 Å². The molecule has 0 saturated carbocycles. The highest BCUT2D eigenvalue weighted by molar-refractivity contribution is 6.29. The SMILES string of the molecule is Fc1ccc(Nc2cc(Cl)nc(NCc3ccc(Cl)nc3)n2)cc1C(F)(F)F. The van der Waals surface area contributed by atoms with Crippen LogP contribution in [0.15, 0.2) is 42.6 Å². The number of nitrogens with one attached hydrogen (secondary N) is 2. The van der Waals surface area contributed by atoms with Gasteiger partial charge in [-0.15, -0.1) is 0 Å². The van der Waals surface area contributed by atoms with Crippen LogP contribution >= 0.6 is 23.2 Å². The first-order valence-electron chi connectivity index (χ1n) is 7.73. The largest absolute Gasteiger partial charge is 0.419 e. The molecule has 0 spiro atoms. The van der Waals surface area contributed by atoms with Crippen LogP contribution in [-0.2, 0) is 12.7 Å². The van der Waals surface area contributed by atoms with Crippen molar-refractivity contribution in [1.82, 2.24) is 15.0 Å². The van der Waals surface area contributed by atoms with Gasteiger partial charge in [0.15, 0.2) is 0 Å². The van der Waals surface area contributed by atoms with Crippen LogP contribution in [0.5, 0.6) is 0 Å². The normalized spacial score (nSPS) is 11.4. The molecular formula is C17H11Cl2F4N5. The maximum absolute atomic E-state index is 13.4. The Kier molecular flexibility index (Phi) is 5.85. The minimum atomic E-state index is -4.82. The van der Waals surface area contributed by atoms with Crippen LogP contribution < -0.4 is 10.6 Å². The number of halogens is 6. The molecule has 0 fully saturated rings. The lowest BCUT2D eigenvalue weighted by Crippen LogP contribution is -2.09. The summed E-state index contributed by atoms with van der Waals surface area (Å²) in [5, 5.41) is 6.00. The highest BCUT2D eigenvalue weighted by atomic mass is 35.5. The van der Waals surface area contributed by atoms with Crippen molar-refractivity contribution >= 4 is 40.7 Å². The third-order valence-electron chi connectivity index (χ3n) is 3.48. The summed E-state index contributed by atoms with van der Waals surface area (Å²) in [4.78, 5) is 12.1. The smallest absolute Gasteiger partial charge is 0.350 e. The Balaban J connectivity index is 1.77. The molecule has 0 saturated heterocycles. The molecule has 2 N–H and O–H groups in total. The number of alkyl halides is 3. The van der Waals surface area contributed by atoms with E-state index in [0.717, 1.165) is 17.7 Å². The van der Waals surface area contributed by atoms with E-state index in [-0.39, 0.29) is 22.6 Å². The van der Waals surface area contributed by atoms with E-state index in [2.05, 4.69) is 25.6 Å². The van der Waals surface area contributed by atoms with E-state index >= 15 is 0 Å². The highest BCUT2D eigenvalue weighted by Gasteiger charge is 2.34. The van der Waals surface area contributed by atoms with Crippen molar-refractivity contribution in [3.8, 4) is 0 Å². The van der Waals surface area contributed by atoms with E-state index in [9.17, 15) is 17.6 Å². The van der Waals surface area contributed by atoms with Crippen LogP contribution in [0.2, 0.25) is 10.3 Å². The Bertz CT molecular complexity index is 980. The molecule has 0 bridgehead atoms. The van der Waals surface area contributed by atoms with E-state index in [0.29, 0.717) is 17.8 Å². The molecule has 3 aromatic rings. The molecule has 0 amide bonds. The van der Waals surface area contributed by atoms with Gasteiger partial charge in [-0.2, -0.15) is 18.2 Å². The Morgan fingerprint density at radius 2 is 1.75 bits per heavy atom. The first-order valence-corrected chi connectivity index (χ1v) is 8.49. The summed E-state index contributed by atoms with van der Waals surface area (Å²) in [7, 11) is 0. The van der Waals surface area contributed by atoms with Gasteiger partial charge in [-0.05, 0) is 29.8 Å². The molecule has 5 nitrogen and oxygen atoms in total. The van der Waals surface area contributed by atoms with Gasteiger partial charge >= 0.3 is 6.18 Å². The lowest BCUT2D eigenvalue weighted by molar-refractivity contribution is -0.139. The first kappa shape index (κ1) is 20.1. The van der Waals surface area contributed by atoms with Crippen molar-refractivity contribution in [1.29, 1.82) is 0 Å². The van der Waals surface area contributed by atoms with Crippen LogP contribution in [0.25, 0.3) is 0 Å². The zero-order valence-electron chi connectivity index (χ0n) is 13.9. The Morgan fingerprint density at radius 3 is 2.43 bits per heavy atom. The van der Waals surface area contributed by atoms with Gasteiger partial charge in [-0.1, -0.05) is 29.3 Å². The number of anilines is 3. The molecular weight excluding hydrogens is 421 g/mol. The number of rotatable bonds is 5. The number of hydrogen-bond donors (Lipinski definition) is 2. The molecule has 0 aliphatic heterocycles. The van der Waals surface area contributed by atoms with Gasteiger partial charge < -0.3 is 10.6 Å². The maximum Gasteiger partial charge on any atom is 0.419 e. The predicted molar refractivity (Wildman–Crippen MR) is 98.3 cm³/mol. The van der Waals surface area contributed by atoms with Crippen molar-refractivity contribution in [3.05, 3.63) is 69.8 Å². The second-order valence-electron chi connectivity index (χ2n) is 5.56. The summed E-state index contributed by atoms with van der Waals surface area (Å²) in [6.07, 6.45) is -3.25. The summed E-state index contributed by atoms with van der Waals surface area (Å²) in [6.45, 7) is 0.318.